The van der Waals surface area contributed by atoms with Crippen molar-refractivity contribution < 1.29 is 9.59 Å². The van der Waals surface area contributed by atoms with Gasteiger partial charge in [0, 0.05) is 34.9 Å². The second-order valence-corrected chi connectivity index (χ2v) is 4.21. The maximum atomic E-state index is 11.7. The summed E-state index contributed by atoms with van der Waals surface area (Å²) in [4.78, 5) is 22.8. The number of imide groups is 1. The number of nitrogens with zero attached hydrogens (tertiary/aromatic N) is 1. The van der Waals surface area contributed by atoms with Gasteiger partial charge < -0.3 is 10.3 Å². The van der Waals surface area contributed by atoms with Crippen LogP contribution in [0.25, 0.3) is 10.8 Å². The number of carbonyl (C=O) groups is 2. The van der Waals surface area contributed by atoms with E-state index in [0.717, 1.165) is 10.8 Å². The number of benzene rings is 1. The van der Waals surface area contributed by atoms with Crippen molar-refractivity contribution in [2.75, 3.05) is 5.73 Å². The van der Waals surface area contributed by atoms with Gasteiger partial charge in [0.25, 0.3) is 5.91 Å². The van der Waals surface area contributed by atoms with E-state index in [9.17, 15) is 9.59 Å². The Bertz CT molecular complexity index is 685. The molecule has 5 nitrogen and oxygen atoms in total. The molecule has 2 heterocycles. The van der Waals surface area contributed by atoms with Crippen molar-refractivity contribution in [2.24, 2.45) is 0 Å². The van der Waals surface area contributed by atoms with Gasteiger partial charge in [0.15, 0.2) is 0 Å². The van der Waals surface area contributed by atoms with Gasteiger partial charge in [0.05, 0.1) is 0 Å². The van der Waals surface area contributed by atoms with Gasteiger partial charge in [-0.2, -0.15) is 0 Å². The highest BCUT2D eigenvalue weighted by Crippen LogP contribution is 2.25. The minimum atomic E-state index is -0.505. The fourth-order valence-electron chi connectivity index (χ4n) is 2.11. The second kappa shape index (κ2) is 3.73. The Morgan fingerprint density at radius 2 is 2.06 bits per heavy atom. The minimum absolute atomic E-state index is 0.332. The number of carbonyl (C=O) groups excluding carboxylic acids is 2. The number of rotatable bonds is 1. The number of anilines is 1. The van der Waals surface area contributed by atoms with Crippen molar-refractivity contribution in [1.82, 2.24) is 9.88 Å². The highest BCUT2D eigenvalue weighted by atomic mass is 16.2. The molecule has 3 N–H and O–H groups in total. The molecule has 5 heteroatoms. The molecule has 1 unspecified atom stereocenters. The summed E-state index contributed by atoms with van der Waals surface area (Å²) in [6, 6.07) is 5.10. The highest BCUT2D eigenvalue weighted by molar-refractivity contribution is 6.06. The van der Waals surface area contributed by atoms with Crippen molar-refractivity contribution in [2.45, 2.75) is 6.04 Å². The maximum absolute atomic E-state index is 11.7. The molecule has 0 fully saturated rings. The Hall–Kier alpha value is -2.56. The third kappa shape index (κ3) is 1.57. The summed E-state index contributed by atoms with van der Waals surface area (Å²) in [5.41, 5.74) is 6.54. The molecule has 0 bridgehead atoms. The van der Waals surface area contributed by atoms with Crippen LogP contribution < -0.4 is 11.1 Å². The quantitative estimate of drug-likeness (QED) is 0.577. The molecule has 0 saturated heterocycles. The number of nitrogen functional groups attached to an aromatic ring is 1. The van der Waals surface area contributed by atoms with Crippen molar-refractivity contribution in [3.63, 3.8) is 0 Å². The van der Waals surface area contributed by atoms with Crippen molar-refractivity contribution in [1.29, 1.82) is 0 Å². The lowest BCUT2D eigenvalue weighted by atomic mass is 10.2. The molecule has 3 rings (SSSR count). The molecule has 2 amide bonds. The van der Waals surface area contributed by atoms with Gasteiger partial charge in [-0.1, -0.05) is 12.1 Å². The number of nitrogens with two attached hydrogens (primary N) is 1. The molecule has 1 atom stereocenters. The van der Waals surface area contributed by atoms with Gasteiger partial charge in [-0.15, -0.1) is 0 Å². The van der Waals surface area contributed by atoms with Crippen LogP contribution in [-0.4, -0.2) is 16.4 Å². The molecule has 1 aliphatic rings. The predicted octanol–water partition coefficient (Wildman–Crippen LogP) is 0.977. The number of aromatic nitrogens is 1. The molecular weight excluding hydrogens is 230 g/mol. The first-order chi connectivity index (χ1) is 8.65. The smallest absolute Gasteiger partial charge is 0.253 e. The highest BCUT2D eigenvalue weighted by Gasteiger charge is 2.23. The third-order valence-corrected chi connectivity index (χ3v) is 3.01. The maximum Gasteiger partial charge on any atom is 0.253 e. The van der Waals surface area contributed by atoms with Crippen LogP contribution in [0.1, 0.15) is 6.04 Å². The zero-order valence-electron chi connectivity index (χ0n) is 9.46. The summed E-state index contributed by atoms with van der Waals surface area (Å²) < 4.78 is 1.75. The van der Waals surface area contributed by atoms with Crippen LogP contribution >= 0.6 is 0 Å². The molecule has 1 aliphatic heterocycles. The Morgan fingerprint density at radius 1 is 1.22 bits per heavy atom. The van der Waals surface area contributed by atoms with E-state index >= 15 is 0 Å². The van der Waals surface area contributed by atoms with Crippen LogP contribution in [0.5, 0.6) is 0 Å². The molecule has 2 aromatic rings. The second-order valence-electron chi connectivity index (χ2n) is 4.21. The summed E-state index contributed by atoms with van der Waals surface area (Å²) in [6.45, 7) is 0. The van der Waals surface area contributed by atoms with Gasteiger partial charge in [0.1, 0.15) is 6.04 Å². The number of hydrogen-bond donors (Lipinski definition) is 2. The first-order valence-corrected chi connectivity index (χ1v) is 5.54. The Labute approximate surface area is 103 Å². The number of hydrogen-bond acceptors (Lipinski definition) is 3. The fourth-order valence-corrected chi connectivity index (χ4v) is 2.11. The summed E-state index contributed by atoms with van der Waals surface area (Å²) in [5.74, 6) is -0.714. The summed E-state index contributed by atoms with van der Waals surface area (Å²) in [7, 11) is 0. The average Bonchev–Trinajstić information content (AvgIpc) is 2.74. The summed E-state index contributed by atoms with van der Waals surface area (Å²) in [5, 5.41) is 4.13. The molecule has 90 valence electrons. The van der Waals surface area contributed by atoms with Gasteiger partial charge in [0.2, 0.25) is 5.91 Å². The standard InChI is InChI=1S/C13H11N3O2/c14-10-3-1-2-8-6-16(7-9(8)10)11-4-5-12(17)15-13(11)18/h1-7,11H,14H2,(H,15,17,18). The topological polar surface area (TPSA) is 77.1 Å². The van der Waals surface area contributed by atoms with E-state index in [-0.39, 0.29) is 11.8 Å². The lowest BCUT2D eigenvalue weighted by Gasteiger charge is -2.17. The molecule has 0 aliphatic carbocycles. The molecular formula is C13H11N3O2. The van der Waals surface area contributed by atoms with E-state index in [1.54, 1.807) is 10.6 Å². The summed E-state index contributed by atoms with van der Waals surface area (Å²) in [6.07, 6.45) is 6.60. The molecule has 0 radical (unpaired) electrons. The first kappa shape index (κ1) is 10.6. The third-order valence-electron chi connectivity index (χ3n) is 3.01. The molecule has 18 heavy (non-hydrogen) atoms. The van der Waals surface area contributed by atoms with E-state index < -0.39 is 6.04 Å². The summed E-state index contributed by atoms with van der Waals surface area (Å²) >= 11 is 0. The fraction of sp³-hybridized carbons (Fsp3) is 0.0769. The van der Waals surface area contributed by atoms with E-state index in [0.29, 0.717) is 5.69 Å². The van der Waals surface area contributed by atoms with Crippen LogP contribution in [0, 0.1) is 0 Å². The van der Waals surface area contributed by atoms with Gasteiger partial charge in [-0.05, 0) is 12.1 Å². The molecule has 1 aromatic carbocycles. The van der Waals surface area contributed by atoms with E-state index in [1.165, 1.54) is 6.08 Å². The Balaban J connectivity index is 2.10. The largest absolute Gasteiger partial charge is 0.398 e. The average molecular weight is 241 g/mol. The number of amides is 2. The van der Waals surface area contributed by atoms with Gasteiger partial charge >= 0.3 is 0 Å². The van der Waals surface area contributed by atoms with Crippen molar-refractivity contribution in [3.8, 4) is 0 Å². The molecule has 0 saturated carbocycles. The number of nitrogens with one attached hydrogen (secondary N) is 1. The molecule has 0 spiro atoms. The Kier molecular flexibility index (Phi) is 2.19. The monoisotopic (exact) mass is 241 g/mol. The van der Waals surface area contributed by atoms with E-state index in [1.807, 2.05) is 30.6 Å². The van der Waals surface area contributed by atoms with Crippen LogP contribution in [0.2, 0.25) is 0 Å². The predicted molar refractivity (Wildman–Crippen MR) is 67.7 cm³/mol. The Morgan fingerprint density at radius 3 is 2.78 bits per heavy atom. The van der Waals surface area contributed by atoms with E-state index in [4.69, 9.17) is 5.73 Å². The lowest BCUT2D eigenvalue weighted by molar-refractivity contribution is -0.130. The van der Waals surface area contributed by atoms with Crippen molar-refractivity contribution in [3.05, 3.63) is 42.7 Å². The lowest BCUT2D eigenvalue weighted by Crippen LogP contribution is -2.38. The zero-order valence-corrected chi connectivity index (χ0v) is 9.46. The van der Waals surface area contributed by atoms with E-state index in [2.05, 4.69) is 5.32 Å². The number of fused-ring (bicyclic) bond motifs is 1. The van der Waals surface area contributed by atoms with Gasteiger partial charge in [-0.3, -0.25) is 14.9 Å². The first-order valence-electron chi connectivity index (χ1n) is 5.54. The van der Waals surface area contributed by atoms with Crippen molar-refractivity contribution >= 4 is 28.3 Å². The minimum Gasteiger partial charge on any atom is -0.398 e. The van der Waals surface area contributed by atoms with Crippen LogP contribution in [-0.2, 0) is 9.59 Å². The normalized spacial score (nSPS) is 19.2. The van der Waals surface area contributed by atoms with Crippen LogP contribution in [0.15, 0.2) is 42.7 Å². The SMILES string of the molecule is Nc1cccc2cn(C3C=CC(=O)NC3=O)cc12. The molecule has 1 aromatic heterocycles. The van der Waals surface area contributed by atoms with Crippen LogP contribution in [0.3, 0.4) is 0 Å². The zero-order chi connectivity index (χ0) is 12.7. The van der Waals surface area contributed by atoms with Crippen LogP contribution in [0.4, 0.5) is 5.69 Å². The van der Waals surface area contributed by atoms with Gasteiger partial charge in [-0.25, -0.2) is 0 Å².